The predicted molar refractivity (Wildman–Crippen MR) is 116 cm³/mol. The molecule has 0 radical (unpaired) electrons. The van der Waals surface area contributed by atoms with E-state index >= 15 is 0 Å². The molecule has 29 heavy (non-hydrogen) atoms. The quantitative estimate of drug-likeness (QED) is 0.425. The van der Waals surface area contributed by atoms with Crippen molar-refractivity contribution in [3.8, 4) is 0 Å². The minimum atomic E-state index is -0.587. The van der Waals surface area contributed by atoms with E-state index < -0.39 is 12.2 Å². The summed E-state index contributed by atoms with van der Waals surface area (Å²) < 4.78 is 17.4. The first-order valence-electron chi connectivity index (χ1n) is 10.5. The van der Waals surface area contributed by atoms with Crippen molar-refractivity contribution in [1.29, 1.82) is 0 Å². The first-order chi connectivity index (χ1) is 13.8. The van der Waals surface area contributed by atoms with Crippen LogP contribution < -0.4 is 0 Å². The summed E-state index contributed by atoms with van der Waals surface area (Å²) in [7, 11) is 0. The molecule has 2 rings (SSSR count). The maximum Gasteiger partial charge on any atom is 0.303 e. The van der Waals surface area contributed by atoms with E-state index in [9.17, 15) is 9.59 Å². The number of rotatable bonds is 9. The summed E-state index contributed by atoms with van der Waals surface area (Å²) in [4.78, 5) is 23.3. The van der Waals surface area contributed by atoms with Gasteiger partial charge in [-0.2, -0.15) is 0 Å². The molecule has 1 aromatic rings. The van der Waals surface area contributed by atoms with Crippen LogP contribution in [0.3, 0.4) is 0 Å². The summed E-state index contributed by atoms with van der Waals surface area (Å²) in [5.74, 6) is 0.110. The molecule has 0 saturated carbocycles. The summed E-state index contributed by atoms with van der Waals surface area (Å²) in [5, 5.41) is 0. The van der Waals surface area contributed by atoms with Gasteiger partial charge in [0.15, 0.2) is 6.10 Å². The third-order valence-electron chi connectivity index (χ3n) is 5.27. The first-order valence-corrected chi connectivity index (χ1v) is 11.5. The Labute approximate surface area is 178 Å². The molecule has 6 heteroatoms. The summed E-state index contributed by atoms with van der Waals surface area (Å²) in [6.07, 6.45) is 2.88. The Balaban J connectivity index is 1.94. The van der Waals surface area contributed by atoms with Crippen LogP contribution >= 0.6 is 11.8 Å². The first kappa shape index (κ1) is 23.7. The van der Waals surface area contributed by atoms with Crippen molar-refractivity contribution >= 4 is 23.7 Å². The molecule has 0 N–H and O–H groups in total. The average molecular weight is 423 g/mol. The highest BCUT2D eigenvalue weighted by Gasteiger charge is 2.47. The number of carbonyl (C=O) groups excluding carboxylic acids is 2. The van der Waals surface area contributed by atoms with Crippen LogP contribution in [0.1, 0.15) is 58.1 Å². The van der Waals surface area contributed by atoms with Crippen LogP contribution in [0.15, 0.2) is 24.3 Å². The zero-order valence-electron chi connectivity index (χ0n) is 18.2. The lowest BCUT2D eigenvalue weighted by atomic mass is 9.89. The minimum absolute atomic E-state index is 0.0313. The molecule has 162 valence electrons. The van der Waals surface area contributed by atoms with Crippen LogP contribution in [0.25, 0.3) is 0 Å². The van der Waals surface area contributed by atoms with Gasteiger partial charge in [0.1, 0.15) is 11.5 Å². The highest BCUT2D eigenvalue weighted by Crippen LogP contribution is 2.36. The van der Waals surface area contributed by atoms with Gasteiger partial charge in [0.25, 0.3) is 0 Å². The van der Waals surface area contributed by atoms with Gasteiger partial charge in [0, 0.05) is 19.8 Å². The summed E-state index contributed by atoms with van der Waals surface area (Å²) in [5.41, 5.74) is 2.29. The number of ether oxygens (including phenoxy) is 3. The van der Waals surface area contributed by atoms with Crippen LogP contribution in [0, 0.1) is 12.8 Å². The average Bonchev–Trinajstić information content (AvgIpc) is 2.66. The molecule has 5 atom stereocenters. The Hall–Kier alpha value is -1.53. The lowest BCUT2D eigenvalue weighted by Gasteiger charge is -2.44. The normalized spacial score (nSPS) is 26.7. The standard InChI is InChI=1S/C23H34O5S/c1-6-20-16(3)21(26-17(4)24)22(27-18(5)25)23(28-20)29-14-8-7-9-19-12-10-15(2)11-13-19/h10-13,16,20-23H,6-9,14H2,1-5H3/t16-,20-,21+,22-,23+/m1/s1. The third-order valence-corrected chi connectivity index (χ3v) is 6.51. The molecule has 0 unspecified atom stereocenters. The molecule has 1 fully saturated rings. The Bertz CT molecular complexity index is 660. The SMILES string of the molecule is CC[C@H]1O[C@@H](SCCCCc2ccc(C)cc2)[C@H](OC(C)=O)[C@@H](OC(C)=O)[C@@H]1C. The summed E-state index contributed by atoms with van der Waals surface area (Å²) >= 11 is 1.65. The van der Waals surface area contributed by atoms with E-state index in [0.29, 0.717) is 0 Å². The van der Waals surface area contributed by atoms with E-state index in [2.05, 4.69) is 38.1 Å². The fourth-order valence-corrected chi connectivity index (χ4v) is 4.93. The lowest BCUT2D eigenvalue weighted by Crippen LogP contribution is -2.55. The maximum atomic E-state index is 11.7. The van der Waals surface area contributed by atoms with E-state index in [1.165, 1.54) is 25.0 Å². The molecule has 0 amide bonds. The molecule has 1 heterocycles. The van der Waals surface area contributed by atoms with Gasteiger partial charge in [0.2, 0.25) is 0 Å². The van der Waals surface area contributed by atoms with E-state index in [-0.39, 0.29) is 29.4 Å². The number of thioether (sulfide) groups is 1. The largest absolute Gasteiger partial charge is 0.458 e. The molecule has 0 spiro atoms. The van der Waals surface area contributed by atoms with Crippen LogP contribution in [0.2, 0.25) is 0 Å². The van der Waals surface area contributed by atoms with Gasteiger partial charge in [-0.1, -0.05) is 43.7 Å². The van der Waals surface area contributed by atoms with E-state index in [1.807, 2.05) is 6.92 Å². The summed E-state index contributed by atoms with van der Waals surface area (Å²) in [6.45, 7) is 8.91. The van der Waals surface area contributed by atoms with Crippen LogP contribution in [0.4, 0.5) is 0 Å². The molecule has 1 aromatic carbocycles. The van der Waals surface area contributed by atoms with Crippen molar-refractivity contribution in [2.75, 3.05) is 5.75 Å². The lowest BCUT2D eigenvalue weighted by molar-refractivity contribution is -0.207. The second-order valence-corrected chi connectivity index (χ2v) is 8.98. The minimum Gasteiger partial charge on any atom is -0.458 e. The highest BCUT2D eigenvalue weighted by molar-refractivity contribution is 7.99. The van der Waals surface area contributed by atoms with E-state index in [0.717, 1.165) is 31.4 Å². The molecule has 0 aliphatic carbocycles. The van der Waals surface area contributed by atoms with Gasteiger partial charge in [0.05, 0.1) is 6.10 Å². The van der Waals surface area contributed by atoms with Crippen LogP contribution in [-0.4, -0.2) is 41.4 Å². The third kappa shape index (κ3) is 7.34. The van der Waals surface area contributed by atoms with Gasteiger partial charge in [-0.05, 0) is 43.9 Å². The molecule has 0 aromatic heterocycles. The number of aryl methyl sites for hydroxylation is 2. The second kappa shape index (κ2) is 11.6. The molecule has 0 bridgehead atoms. The molecule has 1 aliphatic rings. The van der Waals surface area contributed by atoms with Gasteiger partial charge in [-0.15, -0.1) is 11.8 Å². The van der Waals surface area contributed by atoms with E-state index in [1.54, 1.807) is 11.8 Å². The van der Waals surface area contributed by atoms with Crippen molar-refractivity contribution < 1.29 is 23.8 Å². The maximum absolute atomic E-state index is 11.7. The predicted octanol–water partition coefficient (Wildman–Crippen LogP) is 4.69. The fourth-order valence-electron chi connectivity index (χ4n) is 3.71. The van der Waals surface area contributed by atoms with Crippen molar-refractivity contribution in [3.05, 3.63) is 35.4 Å². The number of benzene rings is 1. The molecule has 1 saturated heterocycles. The molecule has 1 aliphatic heterocycles. The Morgan fingerprint density at radius 1 is 1.03 bits per heavy atom. The van der Waals surface area contributed by atoms with Gasteiger partial charge in [-0.3, -0.25) is 9.59 Å². The zero-order valence-corrected chi connectivity index (χ0v) is 19.0. The highest BCUT2D eigenvalue weighted by atomic mass is 32.2. The van der Waals surface area contributed by atoms with Gasteiger partial charge in [-0.25, -0.2) is 0 Å². The van der Waals surface area contributed by atoms with Crippen molar-refractivity contribution in [3.63, 3.8) is 0 Å². The molecular weight excluding hydrogens is 388 g/mol. The second-order valence-electron chi connectivity index (χ2n) is 7.77. The fraction of sp³-hybridized carbons (Fsp3) is 0.652. The Morgan fingerprint density at radius 2 is 1.66 bits per heavy atom. The monoisotopic (exact) mass is 422 g/mol. The van der Waals surface area contributed by atoms with Gasteiger partial charge < -0.3 is 14.2 Å². The molecular formula is C23H34O5S. The van der Waals surface area contributed by atoms with Gasteiger partial charge >= 0.3 is 11.9 Å². The zero-order chi connectivity index (χ0) is 21.4. The van der Waals surface area contributed by atoms with Crippen molar-refractivity contribution in [1.82, 2.24) is 0 Å². The number of hydrogen-bond acceptors (Lipinski definition) is 6. The number of hydrogen-bond donors (Lipinski definition) is 0. The number of unbranched alkanes of at least 4 members (excludes halogenated alkanes) is 1. The Kier molecular flexibility index (Phi) is 9.50. The molecule has 5 nitrogen and oxygen atoms in total. The van der Waals surface area contributed by atoms with Crippen molar-refractivity contribution in [2.24, 2.45) is 5.92 Å². The topological polar surface area (TPSA) is 61.8 Å². The van der Waals surface area contributed by atoms with Crippen LogP contribution in [0.5, 0.6) is 0 Å². The van der Waals surface area contributed by atoms with E-state index in [4.69, 9.17) is 14.2 Å². The number of esters is 2. The smallest absolute Gasteiger partial charge is 0.303 e. The number of carbonyl (C=O) groups is 2. The summed E-state index contributed by atoms with van der Waals surface area (Å²) in [6, 6.07) is 8.65. The Morgan fingerprint density at radius 3 is 2.24 bits per heavy atom. The van der Waals surface area contributed by atoms with Crippen molar-refractivity contribution in [2.45, 2.75) is 84.0 Å². The van der Waals surface area contributed by atoms with Crippen LogP contribution in [-0.2, 0) is 30.2 Å².